The van der Waals surface area contributed by atoms with Crippen LogP contribution >= 0.6 is 11.6 Å². The number of para-hydroxylation sites is 1. The highest BCUT2D eigenvalue weighted by atomic mass is 35.5. The monoisotopic (exact) mass is 289 g/mol. The molecule has 0 radical (unpaired) electrons. The third-order valence-corrected chi connectivity index (χ3v) is 3.03. The molecule has 0 amide bonds. The predicted octanol–water partition coefficient (Wildman–Crippen LogP) is 3.97. The van der Waals surface area contributed by atoms with Crippen LogP contribution in [0.15, 0.2) is 47.2 Å². The zero-order valence-electron chi connectivity index (χ0n) is 10.0. The summed E-state index contributed by atoms with van der Waals surface area (Å²) in [5, 5.41) is 9.02. The standard InChI is InChI=1S/C14H8ClNO4/c15-10-6-8(4-5-9(10)14(17)18)20-12-3-1-2-11-13(12)19-7-16-11/h1-7H,(H,17,18). The first-order chi connectivity index (χ1) is 9.65. The first-order valence-electron chi connectivity index (χ1n) is 5.68. The number of halogens is 1. The van der Waals surface area contributed by atoms with Gasteiger partial charge in [-0.3, -0.25) is 0 Å². The van der Waals surface area contributed by atoms with E-state index in [4.69, 9.17) is 25.9 Å². The number of benzene rings is 2. The lowest BCUT2D eigenvalue weighted by Gasteiger charge is -2.07. The molecule has 0 aliphatic heterocycles. The second-order valence-corrected chi connectivity index (χ2v) is 4.41. The van der Waals surface area contributed by atoms with Gasteiger partial charge in [0.2, 0.25) is 0 Å². The van der Waals surface area contributed by atoms with Crippen molar-refractivity contribution in [3.63, 3.8) is 0 Å². The van der Waals surface area contributed by atoms with Gasteiger partial charge in [-0.25, -0.2) is 9.78 Å². The van der Waals surface area contributed by atoms with Crippen LogP contribution in [0.2, 0.25) is 5.02 Å². The zero-order valence-corrected chi connectivity index (χ0v) is 10.8. The normalized spacial score (nSPS) is 10.7. The largest absolute Gasteiger partial charge is 0.478 e. The molecule has 0 saturated carbocycles. The summed E-state index contributed by atoms with van der Waals surface area (Å²) in [6, 6.07) is 9.68. The van der Waals surface area contributed by atoms with Gasteiger partial charge in [0, 0.05) is 6.07 Å². The molecule has 6 heteroatoms. The Morgan fingerprint density at radius 3 is 2.90 bits per heavy atom. The van der Waals surface area contributed by atoms with E-state index < -0.39 is 5.97 Å². The van der Waals surface area contributed by atoms with E-state index in [2.05, 4.69) is 4.98 Å². The highest BCUT2D eigenvalue weighted by Gasteiger charge is 2.11. The molecule has 0 spiro atoms. The van der Waals surface area contributed by atoms with Crippen molar-refractivity contribution in [1.82, 2.24) is 4.98 Å². The number of carboxylic acid groups (broad SMARTS) is 1. The first kappa shape index (κ1) is 12.5. The molecule has 100 valence electrons. The number of nitrogens with zero attached hydrogens (tertiary/aromatic N) is 1. The Morgan fingerprint density at radius 1 is 1.30 bits per heavy atom. The van der Waals surface area contributed by atoms with E-state index in [1.165, 1.54) is 24.6 Å². The molecule has 20 heavy (non-hydrogen) atoms. The van der Waals surface area contributed by atoms with Crippen molar-refractivity contribution in [2.24, 2.45) is 0 Å². The van der Waals surface area contributed by atoms with Crippen LogP contribution < -0.4 is 4.74 Å². The molecule has 0 saturated heterocycles. The van der Waals surface area contributed by atoms with Crippen LogP contribution in [-0.2, 0) is 0 Å². The number of hydrogen-bond donors (Lipinski definition) is 1. The fourth-order valence-corrected chi connectivity index (χ4v) is 2.05. The summed E-state index contributed by atoms with van der Waals surface area (Å²) in [5.74, 6) is -0.179. The smallest absolute Gasteiger partial charge is 0.337 e. The van der Waals surface area contributed by atoms with Crippen LogP contribution in [0, 0.1) is 0 Å². The van der Waals surface area contributed by atoms with Gasteiger partial charge in [0.1, 0.15) is 11.3 Å². The van der Waals surface area contributed by atoms with Crippen molar-refractivity contribution >= 4 is 28.7 Å². The molecule has 0 bridgehead atoms. The van der Waals surface area contributed by atoms with Gasteiger partial charge in [-0.05, 0) is 24.3 Å². The summed E-state index contributed by atoms with van der Waals surface area (Å²) in [7, 11) is 0. The highest BCUT2D eigenvalue weighted by molar-refractivity contribution is 6.33. The van der Waals surface area contributed by atoms with Gasteiger partial charge in [0.05, 0.1) is 10.6 Å². The maximum absolute atomic E-state index is 10.9. The molecular weight excluding hydrogens is 282 g/mol. The highest BCUT2D eigenvalue weighted by Crippen LogP contribution is 2.31. The van der Waals surface area contributed by atoms with Crippen LogP contribution in [0.5, 0.6) is 11.5 Å². The average molecular weight is 290 g/mol. The fraction of sp³-hybridized carbons (Fsp3) is 0. The maximum atomic E-state index is 10.9. The van der Waals surface area contributed by atoms with Crippen LogP contribution in [-0.4, -0.2) is 16.1 Å². The lowest BCUT2D eigenvalue weighted by Crippen LogP contribution is -1.97. The zero-order chi connectivity index (χ0) is 14.1. The van der Waals surface area contributed by atoms with Gasteiger partial charge in [0.15, 0.2) is 17.7 Å². The molecule has 0 fully saturated rings. The van der Waals surface area contributed by atoms with Crippen LogP contribution in [0.25, 0.3) is 11.1 Å². The number of aromatic carboxylic acids is 1. The van der Waals surface area contributed by atoms with Crippen LogP contribution in [0.3, 0.4) is 0 Å². The topological polar surface area (TPSA) is 72.6 Å². The van der Waals surface area contributed by atoms with Crippen molar-refractivity contribution in [3.05, 3.63) is 53.4 Å². The third kappa shape index (κ3) is 2.19. The molecule has 0 unspecified atom stereocenters. The van der Waals surface area contributed by atoms with Gasteiger partial charge < -0.3 is 14.3 Å². The molecule has 3 rings (SSSR count). The summed E-state index contributed by atoms with van der Waals surface area (Å²) in [5.41, 5.74) is 1.22. The Bertz CT molecular complexity index is 797. The summed E-state index contributed by atoms with van der Waals surface area (Å²) >= 11 is 5.89. The second kappa shape index (κ2) is 4.86. The summed E-state index contributed by atoms with van der Waals surface area (Å²) in [6.07, 6.45) is 1.33. The molecular formula is C14H8ClNO4. The minimum atomic E-state index is -1.08. The number of rotatable bonds is 3. The predicted molar refractivity (Wildman–Crippen MR) is 72.5 cm³/mol. The van der Waals surface area contributed by atoms with Crippen molar-refractivity contribution in [2.45, 2.75) is 0 Å². The maximum Gasteiger partial charge on any atom is 0.337 e. The minimum Gasteiger partial charge on any atom is -0.478 e. The molecule has 2 aromatic carbocycles. The van der Waals surface area contributed by atoms with E-state index in [1.807, 2.05) is 0 Å². The molecule has 1 heterocycles. The SMILES string of the molecule is O=C(O)c1ccc(Oc2cccc3ncoc23)cc1Cl. The number of fused-ring (bicyclic) bond motifs is 1. The van der Waals surface area contributed by atoms with E-state index in [0.717, 1.165) is 0 Å². The van der Waals surface area contributed by atoms with Crippen molar-refractivity contribution < 1.29 is 19.1 Å². The molecule has 1 N–H and O–H groups in total. The quantitative estimate of drug-likeness (QED) is 0.789. The Kier molecular flexibility index (Phi) is 3.04. The van der Waals surface area contributed by atoms with E-state index >= 15 is 0 Å². The Hall–Kier alpha value is -2.53. The van der Waals surface area contributed by atoms with Crippen molar-refractivity contribution in [2.75, 3.05) is 0 Å². The average Bonchev–Trinajstić information content (AvgIpc) is 2.87. The number of carbonyl (C=O) groups is 1. The van der Waals surface area contributed by atoms with E-state index in [9.17, 15) is 4.79 Å². The number of aromatic nitrogens is 1. The molecule has 1 aromatic heterocycles. The second-order valence-electron chi connectivity index (χ2n) is 4.01. The Morgan fingerprint density at radius 2 is 2.15 bits per heavy atom. The van der Waals surface area contributed by atoms with Crippen molar-refractivity contribution in [1.29, 1.82) is 0 Å². The van der Waals surface area contributed by atoms with E-state index in [0.29, 0.717) is 22.6 Å². The first-order valence-corrected chi connectivity index (χ1v) is 6.06. The minimum absolute atomic E-state index is 0.0249. The molecule has 0 aliphatic rings. The van der Waals surface area contributed by atoms with E-state index in [-0.39, 0.29) is 10.6 Å². The fourth-order valence-electron chi connectivity index (χ4n) is 1.80. The van der Waals surface area contributed by atoms with Gasteiger partial charge in [-0.2, -0.15) is 0 Å². The van der Waals surface area contributed by atoms with Gasteiger partial charge in [-0.15, -0.1) is 0 Å². The lowest BCUT2D eigenvalue weighted by atomic mass is 10.2. The van der Waals surface area contributed by atoms with Crippen molar-refractivity contribution in [3.8, 4) is 11.5 Å². The number of carboxylic acids is 1. The van der Waals surface area contributed by atoms with Gasteiger partial charge in [-0.1, -0.05) is 17.7 Å². The lowest BCUT2D eigenvalue weighted by molar-refractivity contribution is 0.0697. The van der Waals surface area contributed by atoms with Crippen LogP contribution in [0.4, 0.5) is 0 Å². The summed E-state index contributed by atoms with van der Waals surface area (Å²) in [4.78, 5) is 14.9. The van der Waals surface area contributed by atoms with E-state index in [1.54, 1.807) is 18.2 Å². The number of ether oxygens (including phenoxy) is 1. The number of oxazole rings is 1. The summed E-state index contributed by atoms with van der Waals surface area (Å²) in [6.45, 7) is 0. The molecule has 0 aliphatic carbocycles. The number of hydrogen-bond acceptors (Lipinski definition) is 4. The molecule has 5 nitrogen and oxygen atoms in total. The summed E-state index contributed by atoms with van der Waals surface area (Å²) < 4.78 is 10.9. The van der Waals surface area contributed by atoms with Crippen LogP contribution in [0.1, 0.15) is 10.4 Å². The Balaban J connectivity index is 1.97. The van der Waals surface area contributed by atoms with Gasteiger partial charge in [0.25, 0.3) is 0 Å². The van der Waals surface area contributed by atoms with Gasteiger partial charge >= 0.3 is 5.97 Å². The third-order valence-electron chi connectivity index (χ3n) is 2.72. The Labute approximate surface area is 118 Å². The molecule has 3 aromatic rings. The molecule has 0 atom stereocenters.